The number of carbonyl (C=O) groups is 3. The molecule has 0 saturated heterocycles. The normalized spacial score (nSPS) is 10.1. The van der Waals surface area contributed by atoms with Crippen LogP contribution in [-0.2, 0) is 16.0 Å². The molecular formula is C17H15NO7. The molecule has 1 amide bonds. The van der Waals surface area contributed by atoms with Gasteiger partial charge in [0.2, 0.25) is 0 Å². The van der Waals surface area contributed by atoms with Gasteiger partial charge in [0.25, 0.3) is 5.91 Å². The van der Waals surface area contributed by atoms with Crippen LogP contribution in [0.5, 0.6) is 17.2 Å². The van der Waals surface area contributed by atoms with Crippen LogP contribution in [0.2, 0.25) is 0 Å². The van der Waals surface area contributed by atoms with Gasteiger partial charge in [-0.3, -0.25) is 14.4 Å². The summed E-state index contributed by atoms with van der Waals surface area (Å²) in [5.74, 6) is -3.43. The second-order valence-corrected chi connectivity index (χ2v) is 5.12. The van der Waals surface area contributed by atoms with Gasteiger partial charge in [-0.05, 0) is 24.3 Å². The first kappa shape index (κ1) is 17.8. The maximum atomic E-state index is 12.4. The summed E-state index contributed by atoms with van der Waals surface area (Å²) in [7, 11) is 0. The molecule has 0 aliphatic rings. The van der Waals surface area contributed by atoms with Crippen molar-refractivity contribution < 1.29 is 34.4 Å². The van der Waals surface area contributed by atoms with Crippen LogP contribution in [0.15, 0.2) is 36.4 Å². The number of rotatable bonds is 5. The van der Waals surface area contributed by atoms with E-state index < -0.39 is 30.0 Å². The number of hydrogen-bond donors (Lipinski definition) is 4. The molecule has 0 spiro atoms. The number of anilines is 1. The second-order valence-electron chi connectivity index (χ2n) is 5.12. The lowest BCUT2D eigenvalue weighted by molar-refractivity contribution is -0.136. The molecule has 0 bridgehead atoms. The number of carboxylic acid groups (broad SMARTS) is 1. The first-order valence-corrected chi connectivity index (χ1v) is 7.13. The number of phenols is 2. The third kappa shape index (κ3) is 4.47. The molecule has 0 aliphatic carbocycles. The fourth-order valence-corrected chi connectivity index (χ4v) is 2.15. The summed E-state index contributed by atoms with van der Waals surface area (Å²) in [4.78, 5) is 34.3. The van der Waals surface area contributed by atoms with E-state index in [0.29, 0.717) is 0 Å². The van der Waals surface area contributed by atoms with Crippen LogP contribution < -0.4 is 10.1 Å². The van der Waals surface area contributed by atoms with Gasteiger partial charge in [-0.2, -0.15) is 0 Å². The van der Waals surface area contributed by atoms with Crippen molar-refractivity contribution >= 4 is 23.5 Å². The van der Waals surface area contributed by atoms with Crippen molar-refractivity contribution in [2.45, 2.75) is 13.3 Å². The number of carboxylic acids is 1. The number of aliphatic carboxylic acids is 1. The monoisotopic (exact) mass is 345 g/mol. The SMILES string of the molecule is CC(=O)Oc1ccccc1NC(=O)c1cc(O)cc(CC(=O)O)c1O. The Bertz CT molecular complexity index is 845. The van der Waals surface area contributed by atoms with Gasteiger partial charge < -0.3 is 25.4 Å². The van der Waals surface area contributed by atoms with Gasteiger partial charge in [0.05, 0.1) is 17.7 Å². The van der Waals surface area contributed by atoms with E-state index in [-0.39, 0.29) is 28.3 Å². The summed E-state index contributed by atoms with van der Waals surface area (Å²) < 4.78 is 4.97. The lowest BCUT2D eigenvalue weighted by Crippen LogP contribution is -2.15. The Labute approximate surface area is 142 Å². The van der Waals surface area contributed by atoms with Crippen molar-refractivity contribution in [3.63, 3.8) is 0 Å². The predicted octanol–water partition coefficient (Wildman–Crippen LogP) is 1.90. The number of nitrogens with one attached hydrogen (secondary N) is 1. The van der Waals surface area contributed by atoms with Crippen LogP contribution in [0, 0.1) is 0 Å². The number of hydrogen-bond acceptors (Lipinski definition) is 6. The molecule has 0 atom stereocenters. The van der Waals surface area contributed by atoms with Gasteiger partial charge in [0.15, 0.2) is 5.75 Å². The average Bonchev–Trinajstić information content (AvgIpc) is 2.51. The highest BCUT2D eigenvalue weighted by Gasteiger charge is 2.19. The molecule has 2 rings (SSSR count). The first-order chi connectivity index (χ1) is 11.8. The van der Waals surface area contributed by atoms with E-state index in [9.17, 15) is 24.6 Å². The molecule has 8 heteroatoms. The van der Waals surface area contributed by atoms with Crippen molar-refractivity contribution in [2.75, 3.05) is 5.32 Å². The zero-order valence-corrected chi connectivity index (χ0v) is 13.1. The summed E-state index contributed by atoms with van der Waals surface area (Å²) in [6.45, 7) is 1.21. The Morgan fingerprint density at radius 2 is 1.80 bits per heavy atom. The smallest absolute Gasteiger partial charge is 0.308 e. The number of ether oxygens (including phenoxy) is 1. The topological polar surface area (TPSA) is 133 Å². The molecule has 130 valence electrons. The van der Waals surface area contributed by atoms with Crippen LogP contribution in [0.4, 0.5) is 5.69 Å². The number of para-hydroxylation sites is 2. The Kier molecular flexibility index (Phi) is 5.23. The molecule has 0 heterocycles. The third-order valence-electron chi connectivity index (χ3n) is 3.15. The molecule has 0 saturated carbocycles. The molecule has 2 aromatic carbocycles. The Morgan fingerprint density at radius 1 is 1.12 bits per heavy atom. The molecule has 0 fully saturated rings. The first-order valence-electron chi connectivity index (χ1n) is 7.13. The van der Waals surface area contributed by atoms with Crippen LogP contribution in [0.3, 0.4) is 0 Å². The van der Waals surface area contributed by atoms with Gasteiger partial charge >= 0.3 is 11.9 Å². The van der Waals surface area contributed by atoms with E-state index in [2.05, 4.69) is 5.32 Å². The summed E-state index contributed by atoms with van der Waals surface area (Å²) in [6, 6.07) is 8.21. The van der Waals surface area contributed by atoms with Crippen LogP contribution >= 0.6 is 0 Å². The minimum atomic E-state index is -1.23. The van der Waals surface area contributed by atoms with Crippen LogP contribution in [-0.4, -0.2) is 33.2 Å². The molecular weight excluding hydrogens is 330 g/mol. The maximum Gasteiger partial charge on any atom is 0.308 e. The van der Waals surface area contributed by atoms with Gasteiger partial charge in [-0.25, -0.2) is 0 Å². The van der Waals surface area contributed by atoms with Crippen molar-refractivity contribution in [1.29, 1.82) is 0 Å². The summed E-state index contributed by atoms with van der Waals surface area (Å²) in [5, 5.41) is 31.0. The molecule has 8 nitrogen and oxygen atoms in total. The van der Waals surface area contributed by atoms with Gasteiger partial charge in [0, 0.05) is 12.5 Å². The molecule has 4 N–H and O–H groups in total. The van der Waals surface area contributed by atoms with Gasteiger partial charge in [0.1, 0.15) is 11.5 Å². The molecule has 0 aromatic heterocycles. The predicted molar refractivity (Wildman–Crippen MR) is 86.8 cm³/mol. The number of phenolic OH excluding ortho intramolecular Hbond substituents is 2. The number of amides is 1. The van der Waals surface area contributed by atoms with Crippen molar-refractivity contribution in [3.8, 4) is 17.2 Å². The lowest BCUT2D eigenvalue weighted by Gasteiger charge is -2.12. The highest BCUT2D eigenvalue weighted by atomic mass is 16.5. The van der Waals surface area contributed by atoms with Crippen LogP contribution in [0.1, 0.15) is 22.8 Å². The molecule has 0 radical (unpaired) electrons. The largest absolute Gasteiger partial charge is 0.508 e. The average molecular weight is 345 g/mol. The highest BCUT2D eigenvalue weighted by molar-refractivity contribution is 6.07. The summed E-state index contributed by atoms with van der Waals surface area (Å²) in [5.41, 5.74) is -0.245. The number of benzene rings is 2. The van der Waals surface area contributed by atoms with E-state index in [0.717, 1.165) is 12.1 Å². The molecule has 0 unspecified atom stereocenters. The van der Waals surface area contributed by atoms with E-state index >= 15 is 0 Å². The Hall–Kier alpha value is -3.55. The molecule has 25 heavy (non-hydrogen) atoms. The third-order valence-corrected chi connectivity index (χ3v) is 3.15. The fraction of sp³-hybridized carbons (Fsp3) is 0.118. The molecule has 0 aliphatic heterocycles. The Morgan fingerprint density at radius 3 is 2.44 bits per heavy atom. The summed E-state index contributed by atoms with van der Waals surface area (Å²) >= 11 is 0. The van der Waals surface area contributed by atoms with Gasteiger partial charge in [-0.1, -0.05) is 12.1 Å². The van der Waals surface area contributed by atoms with Crippen molar-refractivity contribution in [2.24, 2.45) is 0 Å². The van der Waals surface area contributed by atoms with E-state index in [4.69, 9.17) is 9.84 Å². The van der Waals surface area contributed by atoms with Crippen LogP contribution in [0.25, 0.3) is 0 Å². The lowest BCUT2D eigenvalue weighted by atomic mass is 10.0. The Balaban J connectivity index is 2.35. The van der Waals surface area contributed by atoms with Crippen molar-refractivity contribution in [1.82, 2.24) is 0 Å². The minimum absolute atomic E-state index is 0.105. The van der Waals surface area contributed by atoms with Gasteiger partial charge in [-0.15, -0.1) is 0 Å². The van der Waals surface area contributed by atoms with Crippen molar-refractivity contribution in [3.05, 3.63) is 47.5 Å². The van der Waals surface area contributed by atoms with E-state index in [1.165, 1.54) is 19.1 Å². The zero-order valence-electron chi connectivity index (χ0n) is 13.1. The number of carbonyl (C=O) groups excluding carboxylic acids is 2. The van der Waals surface area contributed by atoms with E-state index in [1.807, 2.05) is 0 Å². The number of aromatic hydroxyl groups is 2. The zero-order chi connectivity index (χ0) is 18.6. The summed E-state index contributed by atoms with van der Waals surface area (Å²) in [6.07, 6.45) is -0.565. The fourth-order valence-electron chi connectivity index (χ4n) is 2.15. The number of esters is 1. The second kappa shape index (κ2) is 7.35. The quantitative estimate of drug-likeness (QED) is 0.369. The minimum Gasteiger partial charge on any atom is -0.508 e. The highest BCUT2D eigenvalue weighted by Crippen LogP contribution is 2.30. The maximum absolute atomic E-state index is 12.4. The molecule has 2 aromatic rings. The standard InChI is InChI=1S/C17H15NO7/c1-9(19)25-14-5-3-2-4-13(14)18-17(24)12-8-11(20)6-10(16(12)23)7-15(21)22/h2-6,8,20,23H,7H2,1H3,(H,18,24)(H,21,22). The van der Waals surface area contributed by atoms with E-state index in [1.54, 1.807) is 12.1 Å².